The van der Waals surface area contributed by atoms with Crippen molar-refractivity contribution >= 4 is 11.5 Å². The molecule has 2 rings (SSSR count). The molecule has 0 aliphatic carbocycles. The number of rotatable bonds is 2. The monoisotopic (exact) mass is 219 g/mol. The van der Waals surface area contributed by atoms with Gasteiger partial charge in [0.25, 0.3) is 0 Å². The summed E-state index contributed by atoms with van der Waals surface area (Å²) in [5.74, 6) is 0.0714. The first-order chi connectivity index (χ1) is 7.49. The van der Waals surface area contributed by atoms with Gasteiger partial charge in [-0.2, -0.15) is 0 Å². The van der Waals surface area contributed by atoms with Crippen LogP contribution in [-0.2, 0) is 0 Å². The van der Waals surface area contributed by atoms with E-state index in [9.17, 15) is 9.90 Å². The maximum atomic E-state index is 11.5. The molecule has 1 unspecified atom stereocenters. The minimum absolute atomic E-state index is 0.0714. The van der Waals surface area contributed by atoms with E-state index in [0.29, 0.717) is 6.54 Å². The molecule has 1 N–H and O–H groups in total. The lowest BCUT2D eigenvalue weighted by Gasteiger charge is -2.22. The second kappa shape index (κ2) is 3.91. The van der Waals surface area contributed by atoms with E-state index in [0.717, 1.165) is 24.2 Å². The summed E-state index contributed by atoms with van der Waals surface area (Å²) in [4.78, 5) is 13.6. The van der Waals surface area contributed by atoms with Crippen molar-refractivity contribution < 1.29 is 9.90 Å². The fourth-order valence-electron chi connectivity index (χ4n) is 2.20. The van der Waals surface area contributed by atoms with Crippen LogP contribution < -0.4 is 4.90 Å². The number of Topliss-reactive ketones (excluding diaryl/α,β-unsaturated/α-hetero) is 1. The molecule has 0 aromatic heterocycles. The normalized spacial score (nSPS) is 24.8. The fourth-order valence-corrected chi connectivity index (χ4v) is 2.20. The van der Waals surface area contributed by atoms with Crippen LogP contribution in [0, 0.1) is 0 Å². The van der Waals surface area contributed by atoms with Crippen molar-refractivity contribution in [3.05, 3.63) is 29.8 Å². The zero-order chi connectivity index (χ0) is 11.8. The molecule has 1 aromatic rings. The summed E-state index contributed by atoms with van der Waals surface area (Å²) in [6, 6.07) is 7.58. The summed E-state index contributed by atoms with van der Waals surface area (Å²) in [5, 5.41) is 9.93. The highest BCUT2D eigenvalue weighted by molar-refractivity contribution is 5.99. The molecule has 1 aliphatic heterocycles. The average molecular weight is 219 g/mol. The number of carbonyl (C=O) groups excluding carboxylic acids is 1. The SMILES string of the molecule is CC(=O)c1ccccc1N1CCC(C)(O)C1. The van der Waals surface area contributed by atoms with Crippen molar-refractivity contribution in [2.45, 2.75) is 25.9 Å². The van der Waals surface area contributed by atoms with Crippen LogP contribution >= 0.6 is 0 Å². The predicted molar refractivity (Wildman–Crippen MR) is 63.9 cm³/mol. The molecule has 0 bridgehead atoms. The number of anilines is 1. The lowest BCUT2D eigenvalue weighted by molar-refractivity contribution is 0.0838. The second-order valence-corrected chi connectivity index (χ2v) is 4.74. The van der Waals surface area contributed by atoms with Gasteiger partial charge in [0.15, 0.2) is 5.78 Å². The Bertz CT molecular complexity index is 412. The molecule has 1 saturated heterocycles. The highest BCUT2D eigenvalue weighted by Gasteiger charge is 2.32. The summed E-state index contributed by atoms with van der Waals surface area (Å²) in [6.45, 7) is 4.81. The molecule has 1 fully saturated rings. The molecule has 0 spiro atoms. The summed E-state index contributed by atoms with van der Waals surface area (Å²) in [5.41, 5.74) is 1.04. The minimum Gasteiger partial charge on any atom is -0.388 e. The van der Waals surface area contributed by atoms with Gasteiger partial charge in [0.2, 0.25) is 0 Å². The third-order valence-corrected chi connectivity index (χ3v) is 3.08. The minimum atomic E-state index is -0.635. The predicted octanol–water partition coefficient (Wildman–Crippen LogP) is 1.85. The van der Waals surface area contributed by atoms with Gasteiger partial charge in [-0.05, 0) is 32.4 Å². The van der Waals surface area contributed by atoms with Gasteiger partial charge < -0.3 is 10.0 Å². The van der Waals surface area contributed by atoms with E-state index < -0.39 is 5.60 Å². The summed E-state index contributed by atoms with van der Waals surface area (Å²) < 4.78 is 0. The summed E-state index contributed by atoms with van der Waals surface area (Å²) in [7, 11) is 0. The van der Waals surface area contributed by atoms with Crippen molar-refractivity contribution in [2.75, 3.05) is 18.0 Å². The van der Waals surface area contributed by atoms with E-state index in [-0.39, 0.29) is 5.78 Å². The van der Waals surface area contributed by atoms with E-state index in [1.165, 1.54) is 0 Å². The van der Waals surface area contributed by atoms with Crippen molar-refractivity contribution in [3.8, 4) is 0 Å². The molecule has 0 saturated carbocycles. The first-order valence-electron chi connectivity index (χ1n) is 5.57. The Morgan fingerprint density at radius 3 is 2.69 bits per heavy atom. The van der Waals surface area contributed by atoms with Crippen LogP contribution in [0.5, 0.6) is 0 Å². The van der Waals surface area contributed by atoms with E-state index in [1.807, 2.05) is 31.2 Å². The third kappa shape index (κ3) is 2.09. The number of hydrogen-bond donors (Lipinski definition) is 1. The highest BCUT2D eigenvalue weighted by atomic mass is 16.3. The van der Waals surface area contributed by atoms with Gasteiger partial charge >= 0.3 is 0 Å². The van der Waals surface area contributed by atoms with E-state index >= 15 is 0 Å². The first kappa shape index (κ1) is 11.1. The van der Waals surface area contributed by atoms with Crippen LogP contribution in [0.25, 0.3) is 0 Å². The average Bonchev–Trinajstić information content (AvgIpc) is 2.59. The quantitative estimate of drug-likeness (QED) is 0.772. The van der Waals surface area contributed by atoms with Gasteiger partial charge in [-0.15, -0.1) is 0 Å². The van der Waals surface area contributed by atoms with Crippen LogP contribution in [-0.4, -0.2) is 29.6 Å². The van der Waals surface area contributed by atoms with E-state index in [4.69, 9.17) is 0 Å². The molecule has 3 nitrogen and oxygen atoms in total. The lowest BCUT2D eigenvalue weighted by Crippen LogP contribution is -2.30. The highest BCUT2D eigenvalue weighted by Crippen LogP contribution is 2.29. The Kier molecular flexibility index (Phi) is 2.72. The van der Waals surface area contributed by atoms with E-state index in [1.54, 1.807) is 6.92 Å². The second-order valence-electron chi connectivity index (χ2n) is 4.74. The number of para-hydroxylation sites is 1. The van der Waals surface area contributed by atoms with Crippen LogP contribution in [0.15, 0.2) is 24.3 Å². The molecule has 1 atom stereocenters. The maximum absolute atomic E-state index is 11.5. The van der Waals surface area contributed by atoms with Gasteiger partial charge in [0.05, 0.1) is 5.60 Å². The number of nitrogens with zero attached hydrogens (tertiary/aromatic N) is 1. The van der Waals surface area contributed by atoms with Gasteiger partial charge in [0, 0.05) is 24.3 Å². The molecule has 1 aromatic carbocycles. The summed E-state index contributed by atoms with van der Waals surface area (Å²) in [6.07, 6.45) is 0.749. The molecule has 86 valence electrons. The summed E-state index contributed by atoms with van der Waals surface area (Å²) >= 11 is 0. The number of benzene rings is 1. The zero-order valence-electron chi connectivity index (χ0n) is 9.73. The Labute approximate surface area is 95.7 Å². The molecule has 3 heteroatoms. The molecule has 0 radical (unpaired) electrons. The van der Waals surface area contributed by atoms with Gasteiger partial charge in [-0.1, -0.05) is 12.1 Å². The Morgan fingerprint density at radius 1 is 1.44 bits per heavy atom. The Morgan fingerprint density at radius 2 is 2.12 bits per heavy atom. The van der Waals surface area contributed by atoms with Crippen LogP contribution in [0.4, 0.5) is 5.69 Å². The molecule has 0 amide bonds. The number of ketones is 1. The largest absolute Gasteiger partial charge is 0.388 e. The smallest absolute Gasteiger partial charge is 0.161 e. The molecule has 16 heavy (non-hydrogen) atoms. The number of β-amino-alcohol motifs (C(OH)–C–C–N with tert-alkyl or cyclic N) is 1. The maximum Gasteiger partial charge on any atom is 0.161 e. The first-order valence-corrected chi connectivity index (χ1v) is 5.57. The molecule has 1 aliphatic rings. The van der Waals surface area contributed by atoms with Crippen molar-refractivity contribution in [3.63, 3.8) is 0 Å². The van der Waals surface area contributed by atoms with Crippen molar-refractivity contribution in [1.82, 2.24) is 0 Å². The molecular weight excluding hydrogens is 202 g/mol. The van der Waals surface area contributed by atoms with Gasteiger partial charge in [-0.3, -0.25) is 4.79 Å². The van der Waals surface area contributed by atoms with Gasteiger partial charge in [-0.25, -0.2) is 0 Å². The third-order valence-electron chi connectivity index (χ3n) is 3.08. The van der Waals surface area contributed by atoms with Crippen molar-refractivity contribution in [2.24, 2.45) is 0 Å². The molecule has 1 heterocycles. The van der Waals surface area contributed by atoms with Crippen LogP contribution in [0.1, 0.15) is 30.6 Å². The van der Waals surface area contributed by atoms with Gasteiger partial charge in [0.1, 0.15) is 0 Å². The zero-order valence-corrected chi connectivity index (χ0v) is 9.73. The molecular formula is C13H17NO2. The number of hydrogen-bond acceptors (Lipinski definition) is 3. The topological polar surface area (TPSA) is 40.5 Å². The fraction of sp³-hybridized carbons (Fsp3) is 0.462. The van der Waals surface area contributed by atoms with Crippen LogP contribution in [0.3, 0.4) is 0 Å². The standard InChI is InChI=1S/C13H17NO2/c1-10(15)11-5-3-4-6-12(11)14-8-7-13(2,16)9-14/h3-6,16H,7-9H2,1-2H3. The Hall–Kier alpha value is -1.35. The Balaban J connectivity index is 2.31. The lowest BCUT2D eigenvalue weighted by atomic mass is 10.1. The number of aliphatic hydroxyl groups is 1. The van der Waals surface area contributed by atoms with E-state index in [2.05, 4.69) is 4.90 Å². The van der Waals surface area contributed by atoms with Crippen molar-refractivity contribution in [1.29, 1.82) is 0 Å². The number of carbonyl (C=O) groups is 1. The van der Waals surface area contributed by atoms with Crippen LogP contribution in [0.2, 0.25) is 0 Å².